The van der Waals surface area contributed by atoms with Crippen molar-refractivity contribution in [1.82, 2.24) is 0 Å². The molecule has 4 fully saturated rings. The lowest BCUT2D eigenvalue weighted by atomic mass is 9.48. The van der Waals surface area contributed by atoms with Gasteiger partial charge in [-0.15, -0.1) is 0 Å². The van der Waals surface area contributed by atoms with Gasteiger partial charge in [0.2, 0.25) is 0 Å². The van der Waals surface area contributed by atoms with Gasteiger partial charge < -0.3 is 20.1 Å². The smallest absolute Gasteiger partial charge is 0.175 e. The number of ether oxygens (including phenoxy) is 1. The quantitative estimate of drug-likeness (QED) is 0.616. The number of carbonyl (C=O) groups is 1. The highest BCUT2D eigenvalue weighted by molar-refractivity contribution is 5.94. The molecule has 4 aliphatic rings. The monoisotopic (exact) mass is 282 g/mol. The standard InChI is InChI=1S/C15H22O5/c1-6-10-9(17)11(18)14(5-16)7-4-13(2,3)8(7)12(20-10)15(6,14)19/h6-10,12,16-17,19H,4-5H2,1-3H3/t6-,7+,8-,9+,10+,12+,14+,15-/m0/s1. The molecule has 3 saturated carbocycles. The highest BCUT2D eigenvalue weighted by atomic mass is 16.5. The SMILES string of the molecule is C[C@H]1[C@H]2O[C@@H]3[C@@H]4[C@@H](CC4(C)C)[C@](CO)(C(=O)[C@@H]2O)[C@@]31O. The number of ketones is 1. The summed E-state index contributed by atoms with van der Waals surface area (Å²) in [6.45, 7) is 5.65. The molecule has 0 unspecified atom stereocenters. The maximum atomic E-state index is 12.7. The Morgan fingerprint density at radius 3 is 2.60 bits per heavy atom. The fraction of sp³-hybridized carbons (Fsp3) is 0.933. The van der Waals surface area contributed by atoms with E-state index in [1.807, 2.05) is 6.92 Å². The second-order valence-electron chi connectivity index (χ2n) is 7.90. The third kappa shape index (κ3) is 0.960. The summed E-state index contributed by atoms with van der Waals surface area (Å²) in [7, 11) is 0. The molecule has 3 N–H and O–H groups in total. The average molecular weight is 282 g/mol. The lowest BCUT2D eigenvalue weighted by Gasteiger charge is -2.56. The Kier molecular flexibility index (Phi) is 2.17. The summed E-state index contributed by atoms with van der Waals surface area (Å²) >= 11 is 0. The second-order valence-corrected chi connectivity index (χ2v) is 7.90. The van der Waals surface area contributed by atoms with Crippen LogP contribution < -0.4 is 0 Å². The van der Waals surface area contributed by atoms with Crippen LogP contribution in [0.2, 0.25) is 0 Å². The van der Waals surface area contributed by atoms with Gasteiger partial charge >= 0.3 is 0 Å². The zero-order valence-corrected chi connectivity index (χ0v) is 12.0. The van der Waals surface area contributed by atoms with E-state index in [1.54, 1.807) is 0 Å². The van der Waals surface area contributed by atoms with Crippen molar-refractivity contribution in [1.29, 1.82) is 0 Å². The average Bonchev–Trinajstić information content (AvgIpc) is 2.70. The minimum Gasteiger partial charge on any atom is -0.395 e. The molecule has 0 spiro atoms. The molecule has 1 aliphatic heterocycles. The summed E-state index contributed by atoms with van der Waals surface area (Å²) in [6, 6.07) is 0. The maximum Gasteiger partial charge on any atom is 0.175 e. The topological polar surface area (TPSA) is 87.0 Å². The van der Waals surface area contributed by atoms with Crippen molar-refractivity contribution in [2.45, 2.75) is 51.1 Å². The van der Waals surface area contributed by atoms with E-state index < -0.39 is 41.7 Å². The Hall–Kier alpha value is -0.490. The van der Waals surface area contributed by atoms with Crippen LogP contribution in [0.4, 0.5) is 0 Å². The molecule has 0 amide bonds. The van der Waals surface area contributed by atoms with Crippen LogP contribution in [-0.4, -0.2) is 51.6 Å². The van der Waals surface area contributed by atoms with E-state index in [0.717, 1.165) is 6.42 Å². The molecule has 0 aromatic carbocycles. The Bertz CT molecular complexity index is 502. The van der Waals surface area contributed by atoms with Crippen molar-refractivity contribution in [2.75, 3.05) is 6.61 Å². The van der Waals surface area contributed by atoms with Crippen LogP contribution in [0.25, 0.3) is 0 Å². The molecule has 2 bridgehead atoms. The van der Waals surface area contributed by atoms with Crippen LogP contribution in [0.1, 0.15) is 27.2 Å². The van der Waals surface area contributed by atoms with Gasteiger partial charge in [0.05, 0.1) is 24.2 Å². The number of hydrogen-bond acceptors (Lipinski definition) is 5. The summed E-state index contributed by atoms with van der Waals surface area (Å²) in [6.07, 6.45) is -1.55. The fourth-order valence-corrected chi connectivity index (χ4v) is 5.99. The molecule has 1 heterocycles. The number of aliphatic hydroxyl groups excluding tert-OH is 2. The summed E-state index contributed by atoms with van der Waals surface area (Å²) in [5.41, 5.74) is -2.59. The zero-order valence-electron chi connectivity index (χ0n) is 12.0. The number of aliphatic hydroxyl groups is 3. The van der Waals surface area contributed by atoms with Gasteiger partial charge in [-0.05, 0) is 23.7 Å². The number of rotatable bonds is 1. The molecule has 3 aliphatic carbocycles. The van der Waals surface area contributed by atoms with E-state index in [9.17, 15) is 20.1 Å². The van der Waals surface area contributed by atoms with Crippen LogP contribution in [0.5, 0.6) is 0 Å². The molecule has 0 radical (unpaired) electrons. The number of carbonyl (C=O) groups excluding carboxylic acids is 1. The summed E-state index contributed by atoms with van der Waals surface area (Å²) in [4.78, 5) is 12.7. The molecule has 1 saturated heterocycles. The van der Waals surface area contributed by atoms with Crippen molar-refractivity contribution in [3.8, 4) is 0 Å². The van der Waals surface area contributed by atoms with Gasteiger partial charge in [0.25, 0.3) is 0 Å². The van der Waals surface area contributed by atoms with Crippen LogP contribution >= 0.6 is 0 Å². The van der Waals surface area contributed by atoms with E-state index >= 15 is 0 Å². The molecular weight excluding hydrogens is 260 g/mol. The van der Waals surface area contributed by atoms with Gasteiger partial charge in [-0.25, -0.2) is 0 Å². The third-order valence-electron chi connectivity index (χ3n) is 6.95. The number of Topliss-reactive ketones (excluding diaryl/α,β-unsaturated/α-hetero) is 1. The van der Waals surface area contributed by atoms with E-state index in [1.165, 1.54) is 0 Å². The van der Waals surface area contributed by atoms with Gasteiger partial charge in [0.1, 0.15) is 11.7 Å². The highest BCUT2D eigenvalue weighted by Crippen LogP contribution is 2.75. The van der Waals surface area contributed by atoms with Crippen molar-refractivity contribution in [3.63, 3.8) is 0 Å². The molecule has 5 heteroatoms. The van der Waals surface area contributed by atoms with E-state index in [4.69, 9.17) is 4.74 Å². The Morgan fingerprint density at radius 2 is 2.05 bits per heavy atom. The van der Waals surface area contributed by atoms with Crippen LogP contribution in [0.3, 0.4) is 0 Å². The van der Waals surface area contributed by atoms with Crippen molar-refractivity contribution in [3.05, 3.63) is 0 Å². The van der Waals surface area contributed by atoms with Crippen LogP contribution in [0, 0.1) is 28.6 Å². The Labute approximate surface area is 117 Å². The molecule has 4 rings (SSSR count). The van der Waals surface area contributed by atoms with Gasteiger partial charge in [-0.3, -0.25) is 4.79 Å². The van der Waals surface area contributed by atoms with E-state index in [2.05, 4.69) is 13.8 Å². The predicted octanol–water partition coefficient (Wildman–Crippen LogP) is -0.281. The lowest BCUT2D eigenvalue weighted by Crippen LogP contribution is -2.68. The van der Waals surface area contributed by atoms with Crippen molar-refractivity contribution < 1.29 is 24.9 Å². The first-order chi connectivity index (χ1) is 9.23. The zero-order chi connectivity index (χ0) is 14.7. The first kappa shape index (κ1) is 13.2. The van der Waals surface area contributed by atoms with Gasteiger partial charge in [0.15, 0.2) is 5.78 Å². The minimum absolute atomic E-state index is 0.00256. The fourth-order valence-electron chi connectivity index (χ4n) is 5.99. The molecule has 112 valence electrons. The summed E-state index contributed by atoms with van der Waals surface area (Å²) < 4.78 is 5.94. The van der Waals surface area contributed by atoms with Crippen molar-refractivity contribution in [2.24, 2.45) is 28.6 Å². The first-order valence-corrected chi connectivity index (χ1v) is 7.44. The normalized spacial score (nSPS) is 62.2. The third-order valence-corrected chi connectivity index (χ3v) is 6.95. The van der Waals surface area contributed by atoms with Crippen LogP contribution in [0.15, 0.2) is 0 Å². The lowest BCUT2D eigenvalue weighted by molar-refractivity contribution is -0.199. The Morgan fingerprint density at radius 1 is 1.40 bits per heavy atom. The maximum absolute atomic E-state index is 12.7. The minimum atomic E-state index is -1.34. The molecule has 0 aromatic rings. The van der Waals surface area contributed by atoms with Crippen molar-refractivity contribution >= 4 is 5.78 Å². The summed E-state index contributed by atoms with van der Waals surface area (Å²) in [5.74, 6) is -0.781. The molecule has 5 nitrogen and oxygen atoms in total. The second kappa shape index (κ2) is 3.29. The van der Waals surface area contributed by atoms with Gasteiger partial charge in [-0.1, -0.05) is 20.8 Å². The molecule has 20 heavy (non-hydrogen) atoms. The molecule has 8 atom stereocenters. The molecular formula is C15H22O5. The van der Waals surface area contributed by atoms with Crippen LogP contribution in [-0.2, 0) is 9.53 Å². The highest BCUT2D eigenvalue weighted by Gasteiger charge is 2.85. The van der Waals surface area contributed by atoms with E-state index in [0.29, 0.717) is 0 Å². The molecule has 0 aromatic heterocycles. The summed E-state index contributed by atoms with van der Waals surface area (Å²) in [5, 5.41) is 31.6. The van der Waals surface area contributed by atoms with Gasteiger partial charge in [-0.2, -0.15) is 0 Å². The largest absolute Gasteiger partial charge is 0.395 e. The van der Waals surface area contributed by atoms with Gasteiger partial charge in [0, 0.05) is 5.92 Å². The van der Waals surface area contributed by atoms with E-state index in [-0.39, 0.29) is 23.2 Å². The number of fused-ring (bicyclic) bond motifs is 4. The predicted molar refractivity (Wildman–Crippen MR) is 68.7 cm³/mol. The number of hydrogen-bond donors (Lipinski definition) is 3. The Balaban J connectivity index is 1.95. The first-order valence-electron chi connectivity index (χ1n) is 7.44.